The van der Waals surface area contributed by atoms with Gasteiger partial charge in [0.05, 0.1) is 25.7 Å². The third kappa shape index (κ3) is 5.84. The molecule has 1 fully saturated rings. The summed E-state index contributed by atoms with van der Waals surface area (Å²) in [4.78, 5) is 17.0. The van der Waals surface area contributed by atoms with Gasteiger partial charge in [-0.1, -0.05) is 32.9 Å². The highest BCUT2D eigenvalue weighted by atomic mass is 16.5. The standard InChI is InChI=1S/C20H29N3O2/c1-20(2,3)18-7-5-17(6-8-18)19(24)23(10-4-9-21)12-11-22-13-15-25-16-14-22/h5-8H,4,10-16H2,1-3H3. The van der Waals surface area contributed by atoms with E-state index in [9.17, 15) is 4.79 Å². The fourth-order valence-electron chi connectivity index (χ4n) is 2.88. The van der Waals surface area contributed by atoms with Gasteiger partial charge in [-0.3, -0.25) is 9.69 Å². The number of nitrogens with zero attached hydrogens (tertiary/aromatic N) is 3. The van der Waals surface area contributed by atoms with Gasteiger partial charge in [0.2, 0.25) is 0 Å². The van der Waals surface area contributed by atoms with Crippen LogP contribution in [-0.4, -0.2) is 61.6 Å². The van der Waals surface area contributed by atoms with Crippen LogP contribution >= 0.6 is 0 Å². The lowest BCUT2D eigenvalue weighted by Crippen LogP contribution is -2.43. The molecule has 0 unspecified atom stereocenters. The first-order valence-corrected chi connectivity index (χ1v) is 8.98. The van der Waals surface area contributed by atoms with E-state index in [1.807, 2.05) is 24.3 Å². The van der Waals surface area contributed by atoms with Gasteiger partial charge in [-0.25, -0.2) is 0 Å². The number of benzene rings is 1. The molecule has 2 rings (SSSR count). The van der Waals surface area contributed by atoms with Gasteiger partial charge in [0, 0.05) is 38.3 Å². The van der Waals surface area contributed by atoms with Crippen LogP contribution in [0.25, 0.3) is 0 Å². The van der Waals surface area contributed by atoms with Crippen molar-refractivity contribution in [3.8, 4) is 6.07 Å². The number of morpholine rings is 1. The molecule has 0 aliphatic carbocycles. The topological polar surface area (TPSA) is 56.6 Å². The Morgan fingerprint density at radius 3 is 2.40 bits per heavy atom. The zero-order chi connectivity index (χ0) is 18.3. The van der Waals surface area contributed by atoms with Gasteiger partial charge in [-0.15, -0.1) is 0 Å². The van der Waals surface area contributed by atoms with Crippen molar-refractivity contribution in [2.45, 2.75) is 32.6 Å². The van der Waals surface area contributed by atoms with Gasteiger partial charge in [0.1, 0.15) is 0 Å². The molecular formula is C20H29N3O2. The highest BCUT2D eigenvalue weighted by Crippen LogP contribution is 2.22. The molecular weight excluding hydrogens is 314 g/mol. The van der Waals surface area contributed by atoms with Gasteiger partial charge in [-0.05, 0) is 23.1 Å². The lowest BCUT2D eigenvalue weighted by atomic mass is 9.86. The highest BCUT2D eigenvalue weighted by Gasteiger charge is 2.19. The molecule has 1 aromatic rings. The van der Waals surface area contributed by atoms with Crippen LogP contribution in [0.4, 0.5) is 0 Å². The van der Waals surface area contributed by atoms with Crippen LogP contribution in [0.5, 0.6) is 0 Å². The van der Waals surface area contributed by atoms with Crippen molar-refractivity contribution in [3.05, 3.63) is 35.4 Å². The van der Waals surface area contributed by atoms with Crippen molar-refractivity contribution < 1.29 is 9.53 Å². The summed E-state index contributed by atoms with van der Waals surface area (Å²) in [5.74, 6) is 0.00367. The van der Waals surface area contributed by atoms with Gasteiger partial charge in [-0.2, -0.15) is 5.26 Å². The van der Waals surface area contributed by atoms with Crippen molar-refractivity contribution in [2.24, 2.45) is 0 Å². The van der Waals surface area contributed by atoms with Crippen LogP contribution in [0.2, 0.25) is 0 Å². The average molecular weight is 343 g/mol. The third-order valence-electron chi connectivity index (χ3n) is 4.57. The first kappa shape index (κ1) is 19.4. The maximum absolute atomic E-state index is 12.9. The Morgan fingerprint density at radius 1 is 1.20 bits per heavy atom. The molecule has 0 radical (unpaired) electrons. The lowest BCUT2D eigenvalue weighted by molar-refractivity contribution is 0.0326. The monoisotopic (exact) mass is 343 g/mol. The highest BCUT2D eigenvalue weighted by molar-refractivity contribution is 5.94. The normalized spacial score (nSPS) is 15.6. The Bertz CT molecular complexity index is 593. The minimum absolute atomic E-state index is 0.00367. The molecule has 25 heavy (non-hydrogen) atoms. The summed E-state index contributed by atoms with van der Waals surface area (Å²) in [7, 11) is 0. The minimum Gasteiger partial charge on any atom is -0.379 e. The predicted molar refractivity (Wildman–Crippen MR) is 98.5 cm³/mol. The average Bonchev–Trinajstić information content (AvgIpc) is 2.61. The zero-order valence-electron chi connectivity index (χ0n) is 15.6. The van der Waals surface area contributed by atoms with E-state index < -0.39 is 0 Å². The van der Waals surface area contributed by atoms with Gasteiger partial charge < -0.3 is 9.64 Å². The zero-order valence-corrected chi connectivity index (χ0v) is 15.6. The maximum Gasteiger partial charge on any atom is 0.253 e. The molecule has 1 amide bonds. The van der Waals surface area contributed by atoms with Gasteiger partial charge in [0.25, 0.3) is 5.91 Å². The number of hydrogen-bond acceptors (Lipinski definition) is 4. The molecule has 136 valence electrons. The summed E-state index contributed by atoms with van der Waals surface area (Å²) in [6, 6.07) is 9.99. The molecule has 0 N–H and O–H groups in total. The Kier molecular flexibility index (Phi) is 6.98. The number of rotatable bonds is 6. The summed E-state index contributed by atoms with van der Waals surface area (Å²) >= 11 is 0. The SMILES string of the molecule is CC(C)(C)c1ccc(C(=O)N(CCC#N)CCN2CCOCC2)cc1. The number of nitriles is 1. The van der Waals surface area contributed by atoms with Crippen LogP contribution in [0.1, 0.15) is 43.1 Å². The van der Waals surface area contributed by atoms with E-state index in [1.54, 1.807) is 4.90 Å². The minimum atomic E-state index is 0.00367. The van der Waals surface area contributed by atoms with Gasteiger partial charge in [0.15, 0.2) is 0 Å². The Balaban J connectivity index is 2.02. The molecule has 1 aliphatic heterocycles. The first-order valence-electron chi connectivity index (χ1n) is 8.98. The quantitative estimate of drug-likeness (QED) is 0.797. The number of carbonyl (C=O) groups excluding carboxylic acids is 1. The summed E-state index contributed by atoms with van der Waals surface area (Å²) in [5.41, 5.74) is 1.96. The van der Waals surface area contributed by atoms with Crippen molar-refractivity contribution in [1.29, 1.82) is 5.26 Å². The van der Waals surface area contributed by atoms with E-state index in [0.717, 1.165) is 32.8 Å². The Labute approximate surface area is 151 Å². The molecule has 1 saturated heterocycles. The van der Waals surface area contributed by atoms with Crippen molar-refractivity contribution in [2.75, 3.05) is 45.9 Å². The van der Waals surface area contributed by atoms with E-state index in [0.29, 0.717) is 25.1 Å². The smallest absolute Gasteiger partial charge is 0.253 e. The van der Waals surface area contributed by atoms with Crippen LogP contribution in [-0.2, 0) is 10.2 Å². The summed E-state index contributed by atoms with van der Waals surface area (Å²) in [6.45, 7) is 11.7. The lowest BCUT2D eigenvalue weighted by Gasteiger charge is -2.30. The predicted octanol–water partition coefficient (Wildman–Crippen LogP) is 2.67. The molecule has 1 aliphatic rings. The number of amides is 1. The van der Waals surface area contributed by atoms with Crippen LogP contribution in [0, 0.1) is 11.3 Å². The number of hydrogen-bond donors (Lipinski definition) is 0. The molecule has 0 atom stereocenters. The van der Waals surface area contributed by atoms with Crippen molar-refractivity contribution >= 4 is 5.91 Å². The largest absolute Gasteiger partial charge is 0.379 e. The fourth-order valence-corrected chi connectivity index (χ4v) is 2.88. The van der Waals surface area contributed by atoms with E-state index in [4.69, 9.17) is 10.00 Å². The molecule has 5 heteroatoms. The Hall–Kier alpha value is -1.90. The third-order valence-corrected chi connectivity index (χ3v) is 4.57. The fraction of sp³-hybridized carbons (Fsp3) is 0.600. The number of carbonyl (C=O) groups is 1. The first-order chi connectivity index (χ1) is 11.9. The summed E-state index contributed by atoms with van der Waals surface area (Å²) in [5, 5.41) is 8.90. The maximum atomic E-state index is 12.9. The van der Waals surface area contributed by atoms with Gasteiger partial charge >= 0.3 is 0 Å². The van der Waals surface area contributed by atoms with Crippen LogP contribution in [0.15, 0.2) is 24.3 Å². The van der Waals surface area contributed by atoms with Crippen LogP contribution < -0.4 is 0 Å². The summed E-state index contributed by atoms with van der Waals surface area (Å²) < 4.78 is 5.36. The molecule has 1 heterocycles. The second-order valence-electron chi connectivity index (χ2n) is 7.48. The van der Waals surface area contributed by atoms with Crippen molar-refractivity contribution in [1.82, 2.24) is 9.80 Å². The Morgan fingerprint density at radius 2 is 1.84 bits per heavy atom. The molecule has 1 aromatic carbocycles. The molecule has 0 spiro atoms. The molecule has 0 bridgehead atoms. The second-order valence-corrected chi connectivity index (χ2v) is 7.48. The van der Waals surface area contributed by atoms with E-state index in [-0.39, 0.29) is 11.3 Å². The van der Waals surface area contributed by atoms with E-state index in [2.05, 4.69) is 31.7 Å². The van der Waals surface area contributed by atoms with E-state index in [1.165, 1.54) is 5.56 Å². The van der Waals surface area contributed by atoms with Crippen LogP contribution in [0.3, 0.4) is 0 Å². The summed E-state index contributed by atoms with van der Waals surface area (Å²) in [6.07, 6.45) is 0.356. The van der Waals surface area contributed by atoms with E-state index >= 15 is 0 Å². The molecule has 0 saturated carbocycles. The second kappa shape index (κ2) is 8.98. The van der Waals surface area contributed by atoms with Crippen molar-refractivity contribution in [3.63, 3.8) is 0 Å². The molecule has 0 aromatic heterocycles. The molecule has 5 nitrogen and oxygen atoms in total. The number of ether oxygens (including phenoxy) is 1.